The van der Waals surface area contributed by atoms with E-state index >= 15 is 0 Å². The Morgan fingerprint density at radius 2 is 1.47 bits per heavy atom. The van der Waals surface area contributed by atoms with Crippen LogP contribution in [0.15, 0.2) is 108 Å². The monoisotopic (exact) mass is 629 g/mol. The first-order valence-electron chi connectivity index (χ1n) is 15.0. The molecule has 7 nitrogen and oxygen atoms in total. The Labute approximate surface area is 265 Å². The molecule has 0 spiro atoms. The minimum atomic E-state index is -4.26. The highest BCUT2D eigenvalue weighted by Gasteiger charge is 2.35. The lowest BCUT2D eigenvalue weighted by Crippen LogP contribution is -2.54. The largest absolute Gasteiger partial charge is 0.352 e. The zero-order valence-corrected chi connectivity index (χ0v) is 26.9. The third-order valence-electron chi connectivity index (χ3n) is 7.71. The van der Waals surface area contributed by atoms with Gasteiger partial charge in [-0.3, -0.25) is 13.9 Å². The Morgan fingerprint density at radius 3 is 2.09 bits per heavy atom. The molecule has 2 atom stereocenters. The van der Waals surface area contributed by atoms with Crippen LogP contribution in [0.2, 0.25) is 0 Å². The summed E-state index contributed by atoms with van der Waals surface area (Å²) in [6.45, 7) is 7.12. The van der Waals surface area contributed by atoms with E-state index in [1.165, 1.54) is 29.2 Å². The number of hydrogen-bond donors (Lipinski definition) is 1. The summed E-state index contributed by atoms with van der Waals surface area (Å²) in [4.78, 5) is 29.8. The Bertz CT molecular complexity index is 1690. The fourth-order valence-electron chi connectivity index (χ4n) is 4.98. The summed E-state index contributed by atoms with van der Waals surface area (Å²) in [5.41, 5.74) is 3.64. The zero-order chi connectivity index (χ0) is 32.6. The smallest absolute Gasteiger partial charge is 0.264 e. The molecule has 4 rings (SSSR count). The van der Waals surface area contributed by atoms with Crippen molar-refractivity contribution in [2.45, 2.75) is 64.1 Å². The van der Waals surface area contributed by atoms with Crippen LogP contribution in [0, 0.1) is 19.7 Å². The van der Waals surface area contributed by atoms with Crippen LogP contribution in [-0.2, 0) is 32.6 Å². The predicted octanol–water partition coefficient (Wildman–Crippen LogP) is 6.19. The first-order valence-corrected chi connectivity index (χ1v) is 16.5. The van der Waals surface area contributed by atoms with Gasteiger partial charge in [0, 0.05) is 19.0 Å². The number of hydrogen-bond acceptors (Lipinski definition) is 4. The number of rotatable bonds is 13. The van der Waals surface area contributed by atoms with Crippen LogP contribution in [0.25, 0.3) is 0 Å². The number of carbonyl (C=O) groups is 2. The SMILES string of the molecule is CC[C@H](C)NC(=O)[C@@H](Cc1ccccc1)N(Cc1cccc(C)c1)C(=O)CN(c1ccc(F)cc1)S(=O)(=O)c1ccc(C)cc1. The van der Waals surface area contributed by atoms with E-state index in [0.717, 1.165) is 38.7 Å². The highest BCUT2D eigenvalue weighted by Crippen LogP contribution is 2.26. The fourth-order valence-corrected chi connectivity index (χ4v) is 6.39. The number of sulfonamides is 1. The molecular weight excluding hydrogens is 589 g/mol. The van der Waals surface area contributed by atoms with Crippen molar-refractivity contribution in [1.29, 1.82) is 0 Å². The molecule has 0 aromatic heterocycles. The van der Waals surface area contributed by atoms with Crippen molar-refractivity contribution < 1.29 is 22.4 Å². The average molecular weight is 630 g/mol. The van der Waals surface area contributed by atoms with Crippen LogP contribution >= 0.6 is 0 Å². The van der Waals surface area contributed by atoms with Gasteiger partial charge in [-0.1, -0.05) is 84.8 Å². The Hall–Kier alpha value is -4.50. The molecule has 0 bridgehead atoms. The van der Waals surface area contributed by atoms with E-state index in [0.29, 0.717) is 6.42 Å². The van der Waals surface area contributed by atoms with E-state index in [1.807, 2.05) is 82.3 Å². The lowest BCUT2D eigenvalue weighted by Gasteiger charge is -2.34. The molecular formula is C36H40FN3O4S. The van der Waals surface area contributed by atoms with E-state index in [1.54, 1.807) is 12.1 Å². The van der Waals surface area contributed by atoms with Crippen LogP contribution in [0.5, 0.6) is 0 Å². The van der Waals surface area contributed by atoms with E-state index in [-0.39, 0.29) is 35.5 Å². The number of carbonyl (C=O) groups excluding carboxylic acids is 2. The average Bonchev–Trinajstić information content (AvgIpc) is 3.02. The maximum absolute atomic E-state index is 14.5. The van der Waals surface area contributed by atoms with E-state index < -0.39 is 34.3 Å². The first-order chi connectivity index (χ1) is 21.5. The number of nitrogens with one attached hydrogen (secondary N) is 1. The molecule has 0 unspecified atom stereocenters. The maximum Gasteiger partial charge on any atom is 0.264 e. The predicted molar refractivity (Wildman–Crippen MR) is 176 cm³/mol. The van der Waals surface area contributed by atoms with Crippen LogP contribution in [-0.4, -0.2) is 43.8 Å². The van der Waals surface area contributed by atoms with Crippen LogP contribution in [0.4, 0.5) is 10.1 Å². The summed E-state index contributed by atoms with van der Waals surface area (Å²) in [5.74, 6) is -1.44. The quantitative estimate of drug-likeness (QED) is 0.191. The molecule has 0 heterocycles. The van der Waals surface area contributed by atoms with Gasteiger partial charge in [-0.15, -0.1) is 0 Å². The molecule has 0 fully saturated rings. The van der Waals surface area contributed by atoms with Gasteiger partial charge in [0.25, 0.3) is 10.0 Å². The molecule has 0 aliphatic heterocycles. The topological polar surface area (TPSA) is 86.8 Å². The lowest BCUT2D eigenvalue weighted by atomic mass is 10.0. The Morgan fingerprint density at radius 1 is 0.822 bits per heavy atom. The normalized spacial score (nSPS) is 12.6. The van der Waals surface area contributed by atoms with Crippen LogP contribution in [0.1, 0.15) is 42.5 Å². The van der Waals surface area contributed by atoms with Gasteiger partial charge in [-0.05, 0) is 74.7 Å². The van der Waals surface area contributed by atoms with Crippen molar-refractivity contribution in [1.82, 2.24) is 10.2 Å². The van der Waals surface area contributed by atoms with Gasteiger partial charge in [0.15, 0.2) is 0 Å². The van der Waals surface area contributed by atoms with Gasteiger partial charge in [-0.25, -0.2) is 12.8 Å². The molecule has 236 valence electrons. The molecule has 45 heavy (non-hydrogen) atoms. The fraction of sp³-hybridized carbons (Fsp3) is 0.278. The van der Waals surface area contributed by atoms with Crippen molar-refractivity contribution in [3.63, 3.8) is 0 Å². The van der Waals surface area contributed by atoms with Gasteiger partial charge in [-0.2, -0.15) is 0 Å². The third-order valence-corrected chi connectivity index (χ3v) is 9.50. The van der Waals surface area contributed by atoms with E-state index in [2.05, 4.69) is 5.32 Å². The van der Waals surface area contributed by atoms with Gasteiger partial charge in [0.2, 0.25) is 11.8 Å². The second-order valence-corrected chi connectivity index (χ2v) is 13.2. The minimum absolute atomic E-state index is 0.00851. The molecule has 1 N–H and O–H groups in total. The van der Waals surface area contributed by atoms with Crippen molar-refractivity contribution in [2.24, 2.45) is 0 Å². The molecule has 0 aliphatic carbocycles. The molecule has 0 saturated carbocycles. The van der Waals surface area contributed by atoms with Crippen molar-refractivity contribution >= 4 is 27.5 Å². The Kier molecular flexibility index (Phi) is 11.1. The van der Waals surface area contributed by atoms with Crippen molar-refractivity contribution in [2.75, 3.05) is 10.8 Å². The molecule has 0 aliphatic rings. The lowest BCUT2D eigenvalue weighted by molar-refractivity contribution is -0.140. The highest BCUT2D eigenvalue weighted by atomic mass is 32.2. The van der Waals surface area contributed by atoms with Gasteiger partial charge in [0.1, 0.15) is 18.4 Å². The van der Waals surface area contributed by atoms with Crippen molar-refractivity contribution in [3.05, 3.63) is 131 Å². The summed E-state index contributed by atoms with van der Waals surface area (Å²) < 4.78 is 43.0. The summed E-state index contributed by atoms with van der Waals surface area (Å²) >= 11 is 0. The number of nitrogens with zero attached hydrogens (tertiary/aromatic N) is 2. The van der Waals surface area contributed by atoms with Crippen LogP contribution in [0.3, 0.4) is 0 Å². The molecule has 4 aromatic carbocycles. The van der Waals surface area contributed by atoms with E-state index in [4.69, 9.17) is 0 Å². The van der Waals surface area contributed by atoms with Gasteiger partial charge in [0.05, 0.1) is 10.6 Å². The zero-order valence-electron chi connectivity index (χ0n) is 26.1. The number of anilines is 1. The molecule has 9 heteroatoms. The summed E-state index contributed by atoms with van der Waals surface area (Å²) in [7, 11) is -4.26. The number of benzene rings is 4. The van der Waals surface area contributed by atoms with Crippen molar-refractivity contribution in [3.8, 4) is 0 Å². The number of amides is 2. The molecule has 2 amide bonds. The highest BCUT2D eigenvalue weighted by molar-refractivity contribution is 7.92. The number of halogens is 1. The minimum Gasteiger partial charge on any atom is -0.352 e. The summed E-state index contributed by atoms with van der Waals surface area (Å²) in [6, 6.07) is 27.3. The second-order valence-electron chi connectivity index (χ2n) is 11.3. The first kappa shape index (κ1) is 33.4. The second kappa shape index (κ2) is 15.0. The summed E-state index contributed by atoms with van der Waals surface area (Å²) in [6.07, 6.45) is 0.921. The molecule has 4 aromatic rings. The Balaban J connectivity index is 1.80. The molecule has 0 saturated heterocycles. The van der Waals surface area contributed by atoms with E-state index in [9.17, 15) is 22.4 Å². The third kappa shape index (κ3) is 8.79. The standard InChI is InChI=1S/C36H40FN3O4S/c1-5-28(4)38-36(42)34(23-29-11-7-6-8-12-29)39(24-30-13-9-10-27(3)22-30)35(41)25-40(32-18-16-31(37)17-19-32)45(43,44)33-20-14-26(2)15-21-33/h6-22,28,34H,5,23-25H2,1-4H3,(H,38,42)/t28-,34+/m0/s1. The maximum atomic E-state index is 14.5. The summed E-state index contributed by atoms with van der Waals surface area (Å²) in [5, 5.41) is 3.03. The number of aryl methyl sites for hydroxylation is 2. The van der Waals surface area contributed by atoms with Crippen LogP contribution < -0.4 is 9.62 Å². The van der Waals surface area contributed by atoms with Gasteiger partial charge < -0.3 is 10.2 Å². The van der Waals surface area contributed by atoms with Gasteiger partial charge >= 0.3 is 0 Å². The molecule has 0 radical (unpaired) electrons.